The second kappa shape index (κ2) is 3.89. The van der Waals surface area contributed by atoms with Crippen molar-refractivity contribution in [3.05, 3.63) is 8.99 Å². The number of rotatable bonds is 0. The molecule has 0 N–H and O–H groups in total. The minimum Gasteiger partial charge on any atom is -0.311 e. The van der Waals surface area contributed by atoms with Crippen LogP contribution in [-0.2, 0) is 4.74 Å². The molecule has 2 rings (SSSR count). The highest BCUT2D eigenvalue weighted by molar-refractivity contribution is 14.1. The Morgan fingerprint density at radius 3 is 2.12 bits per heavy atom. The Morgan fingerprint density at radius 1 is 1.12 bits per heavy atom. The molecule has 2 aliphatic heterocycles. The van der Waals surface area contributed by atoms with E-state index in [2.05, 4.69) is 0 Å². The van der Waals surface area contributed by atoms with Crippen LogP contribution >= 0.6 is 34.4 Å². The lowest BCUT2D eigenvalue weighted by Crippen LogP contribution is -2.35. The largest absolute Gasteiger partial charge is 0.311 e. The number of nitriles is 4. The fourth-order valence-corrected chi connectivity index (χ4v) is 4.34. The fraction of sp³-hybridized carbons (Fsp3) is 0.400. The van der Waals surface area contributed by atoms with Crippen LogP contribution in [-0.4, -0.2) is 16.5 Å². The highest BCUT2D eigenvalue weighted by atomic mass is 127. The van der Waals surface area contributed by atoms with Crippen LogP contribution in [0.1, 0.15) is 0 Å². The number of fused-ring (bicyclic) bond motifs is 1. The van der Waals surface area contributed by atoms with Gasteiger partial charge < -0.3 is 4.74 Å². The molecule has 17 heavy (non-hydrogen) atoms. The van der Waals surface area contributed by atoms with E-state index in [-0.39, 0.29) is 0 Å². The summed E-state index contributed by atoms with van der Waals surface area (Å²) in [6.07, 6.45) is 1.72. The van der Waals surface area contributed by atoms with Crippen molar-refractivity contribution in [2.45, 2.75) is 16.5 Å². The summed E-state index contributed by atoms with van der Waals surface area (Å²) >= 11 is 3.35. The van der Waals surface area contributed by atoms with Crippen molar-refractivity contribution < 1.29 is 4.74 Å². The van der Waals surface area contributed by atoms with Gasteiger partial charge >= 0.3 is 0 Å². The second-order valence-electron chi connectivity index (χ2n) is 3.56. The monoisotopic (exact) mass is 354 g/mol. The van der Waals surface area contributed by atoms with Gasteiger partial charge in [0.2, 0.25) is 0 Å². The Balaban J connectivity index is 2.60. The molecule has 7 heteroatoms. The first-order valence-corrected chi connectivity index (χ1v) is 6.42. The minimum atomic E-state index is -1.74. The Bertz CT molecular complexity index is 545. The fourth-order valence-electron chi connectivity index (χ4n) is 1.93. The van der Waals surface area contributed by atoms with Gasteiger partial charge in [-0.05, 0) is 22.6 Å². The number of hydrogen-bond acceptors (Lipinski definition) is 6. The summed E-state index contributed by atoms with van der Waals surface area (Å²) in [7, 11) is 0. The maximum absolute atomic E-state index is 9.12. The van der Waals surface area contributed by atoms with E-state index in [4.69, 9.17) is 25.8 Å². The zero-order chi connectivity index (χ0) is 12.7. The molecule has 1 fully saturated rings. The van der Waals surface area contributed by atoms with Crippen LogP contribution in [0.2, 0.25) is 0 Å². The van der Waals surface area contributed by atoms with Gasteiger partial charge in [-0.1, -0.05) is 6.08 Å². The van der Waals surface area contributed by atoms with E-state index in [1.54, 1.807) is 30.4 Å². The predicted molar refractivity (Wildman–Crippen MR) is 66.0 cm³/mol. The maximum Gasteiger partial charge on any atom is 0.256 e. The maximum atomic E-state index is 9.12. The van der Waals surface area contributed by atoms with Crippen molar-refractivity contribution in [1.82, 2.24) is 0 Å². The zero-order valence-corrected chi connectivity index (χ0v) is 11.2. The third-order valence-electron chi connectivity index (χ3n) is 2.73. The standard InChI is InChI=1S/C10H3IN4OS/c11-7-1-6-8(17-7)10(4-14,5-15)16-9(6,2-12)3-13/h1,6,8H/t6-,8-/m0/s1. The van der Waals surface area contributed by atoms with E-state index in [0.717, 1.165) is 2.91 Å². The number of hydrogen-bond donors (Lipinski definition) is 0. The van der Waals surface area contributed by atoms with Gasteiger partial charge in [0.25, 0.3) is 11.2 Å². The van der Waals surface area contributed by atoms with E-state index >= 15 is 0 Å². The first-order chi connectivity index (χ1) is 8.07. The van der Waals surface area contributed by atoms with Crippen molar-refractivity contribution in [1.29, 1.82) is 21.0 Å². The van der Waals surface area contributed by atoms with Crippen molar-refractivity contribution >= 4 is 34.4 Å². The van der Waals surface area contributed by atoms with Gasteiger partial charge in [-0.2, -0.15) is 21.0 Å². The van der Waals surface area contributed by atoms with Crippen LogP contribution in [0.4, 0.5) is 0 Å². The third kappa shape index (κ3) is 1.44. The normalized spacial score (nSPS) is 31.2. The van der Waals surface area contributed by atoms with Gasteiger partial charge in [0.1, 0.15) is 24.3 Å². The number of nitrogens with zero attached hydrogens (tertiary/aromatic N) is 4. The average Bonchev–Trinajstić information content (AvgIpc) is 2.85. The molecular formula is C10H3IN4OS. The van der Waals surface area contributed by atoms with Crippen molar-refractivity contribution in [2.24, 2.45) is 5.92 Å². The molecule has 0 unspecified atom stereocenters. The lowest BCUT2D eigenvalue weighted by atomic mass is 9.86. The summed E-state index contributed by atoms with van der Waals surface area (Å²) in [5.74, 6) is -0.548. The Hall–Kier alpha value is -1.26. The van der Waals surface area contributed by atoms with Crippen LogP contribution in [0.15, 0.2) is 8.99 Å². The second-order valence-corrected chi connectivity index (χ2v) is 6.63. The van der Waals surface area contributed by atoms with E-state index in [9.17, 15) is 0 Å². The summed E-state index contributed by atoms with van der Waals surface area (Å²) in [6, 6.07) is 7.19. The summed E-state index contributed by atoms with van der Waals surface area (Å²) in [4.78, 5) is 0. The molecule has 0 saturated carbocycles. The molecule has 1 saturated heterocycles. The molecule has 0 aromatic rings. The summed E-state index contributed by atoms with van der Waals surface area (Å²) in [5.41, 5.74) is -3.47. The Morgan fingerprint density at radius 2 is 1.65 bits per heavy atom. The third-order valence-corrected chi connectivity index (χ3v) is 5.10. The first kappa shape index (κ1) is 12.2. The van der Waals surface area contributed by atoms with Crippen LogP contribution in [0.25, 0.3) is 0 Å². The Labute approximate surface area is 115 Å². The minimum absolute atomic E-state index is 0.524. The quantitative estimate of drug-likeness (QED) is 0.612. The summed E-state index contributed by atoms with van der Waals surface area (Å²) in [5, 5.41) is 35.9. The first-order valence-electron chi connectivity index (χ1n) is 4.46. The van der Waals surface area contributed by atoms with Crippen molar-refractivity contribution in [3.63, 3.8) is 0 Å². The molecule has 2 heterocycles. The Kier molecular flexibility index (Phi) is 2.79. The van der Waals surface area contributed by atoms with Crippen LogP contribution in [0.5, 0.6) is 0 Å². The highest BCUT2D eigenvalue weighted by Crippen LogP contribution is 2.56. The summed E-state index contributed by atoms with van der Waals surface area (Å²) < 4.78 is 6.10. The predicted octanol–water partition coefficient (Wildman–Crippen LogP) is 1.60. The summed E-state index contributed by atoms with van der Waals surface area (Å²) in [6.45, 7) is 0. The molecule has 2 atom stereocenters. The lowest BCUT2D eigenvalue weighted by Gasteiger charge is -2.17. The van der Waals surface area contributed by atoms with Gasteiger partial charge in [0.05, 0.1) is 11.2 Å². The van der Waals surface area contributed by atoms with Crippen LogP contribution in [0, 0.1) is 51.2 Å². The van der Waals surface area contributed by atoms with Crippen LogP contribution < -0.4 is 0 Å². The molecule has 82 valence electrons. The number of halogens is 1. The highest BCUT2D eigenvalue weighted by Gasteiger charge is 2.66. The van der Waals surface area contributed by atoms with Crippen molar-refractivity contribution in [2.75, 3.05) is 0 Å². The zero-order valence-electron chi connectivity index (χ0n) is 8.22. The smallest absolute Gasteiger partial charge is 0.256 e. The molecular weight excluding hydrogens is 351 g/mol. The number of ether oxygens (including phenoxy) is 1. The average molecular weight is 354 g/mol. The van der Waals surface area contributed by atoms with Crippen molar-refractivity contribution in [3.8, 4) is 24.3 Å². The topological polar surface area (TPSA) is 104 Å². The van der Waals surface area contributed by atoms with Gasteiger partial charge in [0, 0.05) is 2.91 Å². The van der Waals surface area contributed by atoms with E-state index < -0.39 is 22.4 Å². The molecule has 0 aromatic carbocycles. The van der Waals surface area contributed by atoms with E-state index in [1.807, 2.05) is 22.6 Å². The molecule has 0 aromatic heterocycles. The molecule has 2 aliphatic rings. The van der Waals surface area contributed by atoms with Gasteiger partial charge in [-0.15, -0.1) is 11.8 Å². The van der Waals surface area contributed by atoms with Gasteiger partial charge in [-0.3, -0.25) is 0 Å². The van der Waals surface area contributed by atoms with Gasteiger partial charge in [-0.25, -0.2) is 0 Å². The molecule has 0 aliphatic carbocycles. The number of thioether (sulfide) groups is 1. The molecule has 5 nitrogen and oxygen atoms in total. The molecule has 0 amide bonds. The van der Waals surface area contributed by atoms with Crippen LogP contribution in [0.3, 0.4) is 0 Å². The molecule has 0 bridgehead atoms. The van der Waals surface area contributed by atoms with E-state index in [1.165, 1.54) is 11.8 Å². The molecule has 0 spiro atoms. The lowest BCUT2D eigenvalue weighted by molar-refractivity contribution is 0.0155. The van der Waals surface area contributed by atoms with E-state index in [0.29, 0.717) is 0 Å². The SMILES string of the molecule is N#CC1(C#N)OC(C#N)(C#N)[C@H]2SC(I)=C[C@@H]21. The molecule has 0 radical (unpaired) electrons. The van der Waals surface area contributed by atoms with Gasteiger partial charge in [0.15, 0.2) is 0 Å².